The van der Waals surface area contributed by atoms with Crippen LogP contribution in [0.5, 0.6) is 5.75 Å². The minimum absolute atomic E-state index is 0.176. The topological polar surface area (TPSA) is 64.4 Å². The van der Waals surface area contributed by atoms with E-state index in [0.717, 1.165) is 0 Å². The maximum atomic E-state index is 12.0. The van der Waals surface area contributed by atoms with Gasteiger partial charge in [-0.15, -0.1) is 0 Å². The van der Waals surface area contributed by atoms with Crippen molar-refractivity contribution < 1.29 is 14.1 Å². The summed E-state index contributed by atoms with van der Waals surface area (Å²) in [6.45, 7) is 2.22. The predicted octanol–water partition coefficient (Wildman–Crippen LogP) is 3.20. The van der Waals surface area contributed by atoms with Crippen molar-refractivity contribution in [2.45, 2.75) is 13.5 Å². The molecule has 1 aromatic heterocycles. The zero-order valence-corrected chi connectivity index (χ0v) is 12.6. The smallest absolute Gasteiger partial charge is 0.251 e. The van der Waals surface area contributed by atoms with Crippen molar-refractivity contribution in [1.29, 1.82) is 0 Å². The Kier molecular flexibility index (Phi) is 5.54. The molecule has 0 saturated carbocycles. The molecule has 114 valence electrons. The van der Waals surface area contributed by atoms with E-state index in [1.807, 2.05) is 31.2 Å². The molecule has 0 aliphatic heterocycles. The second kappa shape index (κ2) is 7.83. The first kappa shape index (κ1) is 15.6. The van der Waals surface area contributed by atoms with Gasteiger partial charge in [0.1, 0.15) is 11.4 Å². The van der Waals surface area contributed by atoms with E-state index in [0.29, 0.717) is 22.8 Å². The largest absolute Gasteiger partial charge is 0.497 e. The number of carbonyl (C=O) groups excluding carboxylic acids is 1. The van der Waals surface area contributed by atoms with E-state index in [9.17, 15) is 4.79 Å². The zero-order valence-electron chi connectivity index (χ0n) is 12.6. The Morgan fingerprint density at radius 1 is 1.32 bits per heavy atom. The number of benzene rings is 1. The molecule has 5 heteroatoms. The Morgan fingerprint density at radius 3 is 2.77 bits per heavy atom. The van der Waals surface area contributed by atoms with E-state index >= 15 is 0 Å². The number of ether oxygens (including phenoxy) is 1. The normalized spacial score (nSPS) is 11.2. The van der Waals surface area contributed by atoms with Crippen LogP contribution in [0.2, 0.25) is 0 Å². The second-order valence-corrected chi connectivity index (χ2v) is 4.51. The molecule has 0 fully saturated rings. The maximum absolute atomic E-state index is 12.0. The zero-order chi connectivity index (χ0) is 15.8. The molecule has 1 amide bonds. The Bertz CT molecular complexity index is 669. The summed E-state index contributed by atoms with van der Waals surface area (Å²) in [6, 6.07) is 8.69. The molecule has 0 saturated heterocycles. The van der Waals surface area contributed by atoms with Crippen LogP contribution in [-0.2, 0) is 6.54 Å². The van der Waals surface area contributed by atoms with Crippen LogP contribution in [0, 0.1) is 0 Å². The second-order valence-electron chi connectivity index (χ2n) is 4.51. The van der Waals surface area contributed by atoms with Gasteiger partial charge < -0.3 is 14.6 Å². The van der Waals surface area contributed by atoms with Crippen molar-refractivity contribution in [2.24, 2.45) is 0 Å². The molecule has 0 unspecified atom stereocenters. The fraction of sp³-hybridized carbons (Fsp3) is 0.176. The fourth-order valence-corrected chi connectivity index (χ4v) is 1.77. The molecule has 0 radical (unpaired) electrons. The number of aromatic nitrogens is 1. The van der Waals surface area contributed by atoms with Gasteiger partial charge >= 0.3 is 0 Å². The SMILES string of the molecule is CC=CC=Cc1cc(CNC(=O)c2ccc(OC)cc2)on1. The van der Waals surface area contributed by atoms with Crippen molar-refractivity contribution in [3.63, 3.8) is 0 Å². The molecule has 0 aliphatic carbocycles. The summed E-state index contributed by atoms with van der Waals surface area (Å²) in [5.41, 5.74) is 1.28. The summed E-state index contributed by atoms with van der Waals surface area (Å²) in [4.78, 5) is 12.0. The van der Waals surface area contributed by atoms with Crippen LogP contribution >= 0.6 is 0 Å². The maximum Gasteiger partial charge on any atom is 0.251 e. The highest BCUT2D eigenvalue weighted by atomic mass is 16.5. The summed E-state index contributed by atoms with van der Waals surface area (Å²) < 4.78 is 10.2. The van der Waals surface area contributed by atoms with Gasteiger partial charge in [-0.1, -0.05) is 23.4 Å². The summed E-state index contributed by atoms with van der Waals surface area (Å²) in [5, 5.41) is 6.68. The third-order valence-corrected chi connectivity index (χ3v) is 2.92. The van der Waals surface area contributed by atoms with E-state index in [2.05, 4.69) is 10.5 Å². The van der Waals surface area contributed by atoms with Gasteiger partial charge in [-0.2, -0.15) is 0 Å². The minimum atomic E-state index is -0.176. The summed E-state index contributed by atoms with van der Waals surface area (Å²) >= 11 is 0. The minimum Gasteiger partial charge on any atom is -0.497 e. The molecule has 0 atom stereocenters. The number of hydrogen-bond acceptors (Lipinski definition) is 4. The van der Waals surface area contributed by atoms with Gasteiger partial charge in [-0.25, -0.2) is 0 Å². The quantitative estimate of drug-likeness (QED) is 0.832. The van der Waals surface area contributed by atoms with Crippen LogP contribution in [0.15, 0.2) is 53.1 Å². The molecule has 1 aromatic carbocycles. The van der Waals surface area contributed by atoms with Crippen molar-refractivity contribution in [2.75, 3.05) is 7.11 Å². The van der Waals surface area contributed by atoms with Crippen molar-refractivity contribution in [3.05, 3.63) is 65.6 Å². The molecule has 2 rings (SSSR count). The summed E-state index contributed by atoms with van der Waals surface area (Å²) in [5.74, 6) is 1.14. The highest BCUT2D eigenvalue weighted by Gasteiger charge is 2.07. The summed E-state index contributed by atoms with van der Waals surface area (Å²) in [6.07, 6.45) is 7.53. The number of methoxy groups -OCH3 is 1. The number of allylic oxidation sites excluding steroid dienone is 3. The molecule has 1 heterocycles. The number of nitrogens with zero attached hydrogens (tertiary/aromatic N) is 1. The van der Waals surface area contributed by atoms with Crippen LogP contribution in [0.25, 0.3) is 6.08 Å². The first-order chi connectivity index (χ1) is 10.7. The highest BCUT2D eigenvalue weighted by Crippen LogP contribution is 2.11. The number of rotatable bonds is 6. The van der Waals surface area contributed by atoms with Crippen LogP contribution in [0.1, 0.15) is 28.7 Å². The molecule has 0 aliphatic rings. The number of amides is 1. The lowest BCUT2D eigenvalue weighted by atomic mass is 10.2. The lowest BCUT2D eigenvalue weighted by Crippen LogP contribution is -2.22. The Hall–Kier alpha value is -2.82. The van der Waals surface area contributed by atoms with Gasteiger partial charge in [0.25, 0.3) is 5.91 Å². The lowest BCUT2D eigenvalue weighted by molar-refractivity contribution is 0.0947. The highest BCUT2D eigenvalue weighted by molar-refractivity contribution is 5.94. The van der Waals surface area contributed by atoms with Gasteiger partial charge in [0.05, 0.1) is 13.7 Å². The Labute approximate surface area is 129 Å². The Morgan fingerprint density at radius 2 is 2.09 bits per heavy atom. The van der Waals surface area contributed by atoms with E-state index in [-0.39, 0.29) is 12.5 Å². The van der Waals surface area contributed by atoms with Crippen LogP contribution in [0.3, 0.4) is 0 Å². The van der Waals surface area contributed by atoms with Gasteiger partial charge in [0.2, 0.25) is 0 Å². The molecule has 5 nitrogen and oxygen atoms in total. The third-order valence-electron chi connectivity index (χ3n) is 2.92. The molecule has 22 heavy (non-hydrogen) atoms. The molecule has 1 N–H and O–H groups in total. The lowest BCUT2D eigenvalue weighted by Gasteiger charge is -2.04. The van der Waals surface area contributed by atoms with E-state index in [1.165, 1.54) is 0 Å². The van der Waals surface area contributed by atoms with Gasteiger partial charge in [0, 0.05) is 11.6 Å². The van der Waals surface area contributed by atoms with Crippen LogP contribution < -0.4 is 10.1 Å². The van der Waals surface area contributed by atoms with Crippen LogP contribution in [0.4, 0.5) is 0 Å². The van der Waals surface area contributed by atoms with Crippen molar-refractivity contribution >= 4 is 12.0 Å². The fourth-order valence-electron chi connectivity index (χ4n) is 1.77. The Balaban J connectivity index is 1.90. The monoisotopic (exact) mass is 298 g/mol. The first-order valence-electron chi connectivity index (χ1n) is 6.90. The third kappa shape index (κ3) is 4.34. The number of hydrogen-bond donors (Lipinski definition) is 1. The van der Waals surface area contributed by atoms with E-state index in [4.69, 9.17) is 9.26 Å². The molecular formula is C17H18N2O3. The number of carbonyl (C=O) groups is 1. The molecule has 0 bridgehead atoms. The first-order valence-corrected chi connectivity index (χ1v) is 6.90. The summed E-state index contributed by atoms with van der Waals surface area (Å²) in [7, 11) is 1.58. The molecular weight excluding hydrogens is 280 g/mol. The van der Waals surface area contributed by atoms with Crippen molar-refractivity contribution in [3.8, 4) is 5.75 Å². The molecule has 0 spiro atoms. The molecule has 2 aromatic rings. The van der Waals surface area contributed by atoms with Gasteiger partial charge in [-0.3, -0.25) is 4.79 Å². The van der Waals surface area contributed by atoms with E-state index < -0.39 is 0 Å². The van der Waals surface area contributed by atoms with Gasteiger partial charge in [0.15, 0.2) is 5.76 Å². The standard InChI is InChI=1S/C17H18N2O3/c1-3-4-5-6-14-11-16(22-19-14)12-18-17(20)13-7-9-15(21-2)10-8-13/h3-11H,12H2,1-2H3,(H,18,20). The van der Waals surface area contributed by atoms with E-state index in [1.54, 1.807) is 37.4 Å². The average Bonchev–Trinajstić information content (AvgIpc) is 3.01. The number of nitrogens with one attached hydrogen (secondary N) is 1. The van der Waals surface area contributed by atoms with Crippen molar-refractivity contribution in [1.82, 2.24) is 10.5 Å². The van der Waals surface area contributed by atoms with Gasteiger partial charge in [-0.05, 0) is 37.3 Å². The van der Waals surface area contributed by atoms with Crippen LogP contribution in [-0.4, -0.2) is 18.2 Å². The predicted molar refractivity (Wildman–Crippen MR) is 84.5 cm³/mol. The average molecular weight is 298 g/mol.